The van der Waals surface area contributed by atoms with E-state index in [1.165, 1.54) is 0 Å². The molecule has 0 spiro atoms. The van der Waals surface area contributed by atoms with Gasteiger partial charge in [0.1, 0.15) is 36.3 Å². The maximum atomic E-state index is 10.6. The van der Waals surface area contributed by atoms with Crippen molar-refractivity contribution in [3.63, 3.8) is 0 Å². The van der Waals surface area contributed by atoms with E-state index < -0.39 is 84.2 Å². The third kappa shape index (κ3) is 78.5. The summed E-state index contributed by atoms with van der Waals surface area (Å²) in [6.07, 6.45) is 0.652. The number of carbonyl (C=O) groups is 7. The molecule has 79 heavy (non-hydrogen) atoms. The number of hydrogen-bond donors (Lipinski definition) is 25. The smallest absolute Gasteiger partial charge is 0.480 e. The summed E-state index contributed by atoms with van der Waals surface area (Å²) in [6, 6.07) is -4.92. The SMILES string of the molecule is NC(N)=NCCCC(N)C(=O)O.NC(N)=NCCCC(N)C(=O)O.NC(N)=NCCCC(N)C(=O)O.NC(N)=NCCCC(N)C(=O)O.NC(N)=NCCCC(N)C(=O)O.NC(N)=NCCCC(N)C(=O)O.O=C(O)C(F)(F)F. The summed E-state index contributed by atoms with van der Waals surface area (Å²) in [5.74, 6) is -8.68. The van der Waals surface area contributed by atoms with Crippen LogP contribution in [0.5, 0.6) is 0 Å². The molecule has 0 aliphatic heterocycles. The Kier molecular flexibility index (Phi) is 56.5. The molecule has 0 fully saturated rings. The third-order valence-corrected chi connectivity index (χ3v) is 7.95. The Morgan fingerprint density at radius 1 is 0.291 bits per heavy atom. The van der Waals surface area contributed by atoms with Crippen molar-refractivity contribution in [3.05, 3.63) is 0 Å². The van der Waals surface area contributed by atoms with E-state index >= 15 is 0 Å². The van der Waals surface area contributed by atoms with Crippen LogP contribution in [0.2, 0.25) is 0 Å². The van der Waals surface area contributed by atoms with Gasteiger partial charge in [-0.2, -0.15) is 13.2 Å². The molecule has 0 aliphatic rings. The summed E-state index contributed by atoms with van der Waals surface area (Å²) in [7, 11) is 0. The largest absolute Gasteiger partial charge is 0.490 e. The molecule has 0 heterocycles. The van der Waals surface area contributed by atoms with Gasteiger partial charge in [0.05, 0.1) is 0 Å². The molecule has 0 amide bonds. The number of alkyl halides is 3. The van der Waals surface area contributed by atoms with Crippen LogP contribution in [0.1, 0.15) is 77.0 Å². The highest BCUT2D eigenvalue weighted by Gasteiger charge is 2.38. The van der Waals surface area contributed by atoms with Crippen molar-refractivity contribution in [3.8, 4) is 0 Å². The summed E-state index contributed by atoms with van der Waals surface area (Å²) in [5.41, 5.74) is 91.9. The molecular formula is C38H85F3N24O14. The number of halogens is 3. The molecular weight excluding hydrogens is 1070 g/mol. The first-order chi connectivity index (χ1) is 36.2. The van der Waals surface area contributed by atoms with E-state index in [4.69, 9.17) is 144 Å². The lowest BCUT2D eigenvalue weighted by Crippen LogP contribution is -2.30. The zero-order valence-corrected chi connectivity index (χ0v) is 43.4. The van der Waals surface area contributed by atoms with Gasteiger partial charge in [-0.15, -0.1) is 0 Å². The molecule has 0 rings (SSSR count). The number of rotatable bonds is 30. The molecule has 462 valence electrons. The van der Waals surface area contributed by atoms with Crippen molar-refractivity contribution in [2.24, 2.45) is 133 Å². The summed E-state index contributed by atoms with van der Waals surface area (Å²) in [6.45, 7) is 2.52. The Hall–Kier alpha value is -8.54. The van der Waals surface area contributed by atoms with E-state index in [0.717, 1.165) is 0 Å². The van der Waals surface area contributed by atoms with Crippen molar-refractivity contribution >= 4 is 77.5 Å². The van der Waals surface area contributed by atoms with Crippen molar-refractivity contribution < 1.29 is 82.5 Å². The van der Waals surface area contributed by atoms with Gasteiger partial charge in [-0.25, -0.2) is 4.79 Å². The number of guanidine groups is 6. The van der Waals surface area contributed by atoms with E-state index in [1.54, 1.807) is 0 Å². The van der Waals surface area contributed by atoms with Crippen LogP contribution in [-0.4, -0.2) is 195 Å². The van der Waals surface area contributed by atoms with Gasteiger partial charge >= 0.3 is 48.0 Å². The molecule has 41 heteroatoms. The first kappa shape index (κ1) is 84.4. The number of hydrogen-bond acceptors (Lipinski definition) is 19. The number of nitrogens with two attached hydrogens (primary N) is 18. The van der Waals surface area contributed by atoms with Crippen LogP contribution in [0.25, 0.3) is 0 Å². The van der Waals surface area contributed by atoms with Gasteiger partial charge in [-0.1, -0.05) is 0 Å². The Balaban J connectivity index is -0.000000154. The summed E-state index contributed by atoms with van der Waals surface area (Å²) >= 11 is 0. The van der Waals surface area contributed by atoms with E-state index in [0.29, 0.717) is 116 Å². The number of carboxylic acid groups (broad SMARTS) is 7. The van der Waals surface area contributed by atoms with Gasteiger partial charge in [0, 0.05) is 39.3 Å². The molecule has 0 radical (unpaired) electrons. The molecule has 43 N–H and O–H groups in total. The Morgan fingerprint density at radius 2 is 0.392 bits per heavy atom. The standard InChI is InChI=1S/6C6H14N4O2.C2HF3O2/c6*7-4(5(11)12)2-1-3-10-6(8)9;3-2(4,5)1(6)7/h6*4H,1-3,7H2,(H,11,12)(H4,8,9,10);(H,6,7). The number of nitrogens with zero attached hydrogens (tertiary/aromatic N) is 6. The Bertz CT molecular complexity index is 1580. The van der Waals surface area contributed by atoms with E-state index in [1.807, 2.05) is 0 Å². The van der Waals surface area contributed by atoms with E-state index in [2.05, 4.69) is 30.0 Å². The topological polar surface area (TPSA) is 804 Å². The summed E-state index contributed by atoms with van der Waals surface area (Å²) < 4.78 is 31.7. The van der Waals surface area contributed by atoms with Gasteiger partial charge < -0.3 is 139 Å². The molecule has 6 unspecified atom stereocenters. The molecule has 0 saturated carbocycles. The predicted molar refractivity (Wildman–Crippen MR) is 287 cm³/mol. The predicted octanol–water partition coefficient (Wildman–Crippen LogP) is -8.66. The first-order valence-electron chi connectivity index (χ1n) is 22.7. The zero-order valence-electron chi connectivity index (χ0n) is 43.4. The number of carboxylic acids is 7. The normalized spacial score (nSPS) is 12.0. The molecule has 0 bridgehead atoms. The van der Waals surface area contributed by atoms with Gasteiger partial charge in [-0.05, 0) is 77.0 Å². The Morgan fingerprint density at radius 3 is 0.456 bits per heavy atom. The fourth-order valence-electron chi connectivity index (χ4n) is 3.86. The van der Waals surface area contributed by atoms with Gasteiger partial charge in [0.15, 0.2) is 35.8 Å². The third-order valence-electron chi connectivity index (χ3n) is 7.95. The molecule has 0 aromatic heterocycles. The summed E-state index contributed by atoms with van der Waals surface area (Å²) in [4.78, 5) is 92.3. The van der Waals surface area contributed by atoms with Crippen LogP contribution in [0, 0.1) is 0 Å². The lowest BCUT2D eigenvalue weighted by atomic mass is 10.2. The van der Waals surface area contributed by atoms with E-state index in [9.17, 15) is 41.9 Å². The quantitative estimate of drug-likeness (QED) is 0.0180. The van der Waals surface area contributed by atoms with Crippen LogP contribution in [0.3, 0.4) is 0 Å². The first-order valence-corrected chi connectivity index (χ1v) is 22.7. The van der Waals surface area contributed by atoms with Crippen LogP contribution >= 0.6 is 0 Å². The molecule has 0 aliphatic carbocycles. The van der Waals surface area contributed by atoms with Crippen LogP contribution in [0.15, 0.2) is 30.0 Å². The average Bonchev–Trinajstić information content (AvgIpc) is 3.32. The zero-order chi connectivity index (χ0) is 63.4. The van der Waals surface area contributed by atoms with Crippen LogP contribution in [-0.2, 0) is 33.6 Å². The summed E-state index contributed by atoms with van der Waals surface area (Å²) in [5, 5.41) is 57.4. The fraction of sp³-hybridized carbons (Fsp3) is 0.658. The second kappa shape index (κ2) is 52.9. The van der Waals surface area contributed by atoms with E-state index in [-0.39, 0.29) is 35.8 Å². The van der Waals surface area contributed by atoms with Gasteiger partial charge in [0.2, 0.25) is 0 Å². The monoisotopic (exact) mass is 1160 g/mol. The highest BCUT2D eigenvalue weighted by molar-refractivity contribution is 5.78. The highest BCUT2D eigenvalue weighted by Crippen LogP contribution is 2.13. The number of aliphatic carboxylic acids is 7. The lowest BCUT2D eigenvalue weighted by Gasteiger charge is -2.03. The average molecular weight is 1160 g/mol. The lowest BCUT2D eigenvalue weighted by molar-refractivity contribution is -0.192. The van der Waals surface area contributed by atoms with Gasteiger partial charge in [-0.3, -0.25) is 58.7 Å². The van der Waals surface area contributed by atoms with Crippen molar-refractivity contribution in [1.82, 2.24) is 0 Å². The second-order valence-corrected chi connectivity index (χ2v) is 15.2. The fourth-order valence-corrected chi connectivity index (χ4v) is 3.86. The second-order valence-electron chi connectivity index (χ2n) is 15.2. The minimum Gasteiger partial charge on any atom is -0.480 e. The maximum absolute atomic E-state index is 10.6. The van der Waals surface area contributed by atoms with Crippen molar-refractivity contribution in [2.45, 2.75) is 119 Å². The minimum absolute atomic E-state index is 0.0129. The molecule has 0 aromatic carbocycles. The van der Waals surface area contributed by atoms with Crippen molar-refractivity contribution in [1.29, 1.82) is 0 Å². The van der Waals surface area contributed by atoms with Crippen LogP contribution in [0.4, 0.5) is 13.2 Å². The molecule has 0 aromatic rings. The maximum Gasteiger partial charge on any atom is 0.490 e. The Labute approximate surface area is 451 Å². The van der Waals surface area contributed by atoms with Gasteiger partial charge in [0.25, 0.3) is 0 Å². The minimum atomic E-state index is -5.08. The highest BCUT2D eigenvalue weighted by atomic mass is 19.4. The van der Waals surface area contributed by atoms with Crippen LogP contribution < -0.4 is 103 Å². The molecule has 0 saturated heterocycles. The number of aliphatic imine (C=N–C) groups is 6. The molecule has 6 atom stereocenters. The van der Waals surface area contributed by atoms with Crippen molar-refractivity contribution in [2.75, 3.05) is 39.3 Å². The molecule has 38 nitrogen and oxygen atoms in total.